The van der Waals surface area contributed by atoms with Crippen molar-refractivity contribution in [3.63, 3.8) is 0 Å². The summed E-state index contributed by atoms with van der Waals surface area (Å²) in [5.41, 5.74) is 3.48. The lowest BCUT2D eigenvalue weighted by Crippen LogP contribution is -2.13. The molecule has 24 heavy (non-hydrogen) atoms. The molecule has 0 unspecified atom stereocenters. The van der Waals surface area contributed by atoms with Crippen LogP contribution in [0.15, 0.2) is 61.2 Å². The van der Waals surface area contributed by atoms with Gasteiger partial charge in [0.1, 0.15) is 0 Å². The lowest BCUT2D eigenvalue weighted by molar-refractivity contribution is 0.0171. The highest BCUT2D eigenvalue weighted by Crippen LogP contribution is 2.13. The number of hydrogen-bond donors (Lipinski definition) is 0. The highest BCUT2D eigenvalue weighted by Gasteiger charge is 2.08. The van der Waals surface area contributed by atoms with Crippen molar-refractivity contribution >= 4 is 28.2 Å². The van der Waals surface area contributed by atoms with E-state index in [-0.39, 0.29) is 13.5 Å². The van der Waals surface area contributed by atoms with E-state index >= 15 is 0 Å². The fourth-order valence-electron chi connectivity index (χ4n) is 2.51. The van der Waals surface area contributed by atoms with Crippen LogP contribution in [0.2, 0.25) is 0 Å². The number of nitrogens with zero attached hydrogens (tertiary/aromatic N) is 4. The molecule has 0 aliphatic heterocycles. The maximum absolute atomic E-state index is 11.8. The van der Waals surface area contributed by atoms with E-state index in [0.717, 1.165) is 22.1 Å². The molecule has 120 valence electrons. The number of rotatable bonds is 4. The van der Waals surface area contributed by atoms with Crippen LogP contribution in [-0.2, 0) is 22.9 Å². The van der Waals surface area contributed by atoms with E-state index in [9.17, 15) is 4.79 Å². The molecule has 0 aliphatic rings. The van der Waals surface area contributed by atoms with Crippen molar-refractivity contribution in [1.29, 1.82) is 0 Å². The number of carbonyl (C=O) groups is 1. The van der Waals surface area contributed by atoms with Crippen LogP contribution in [0.25, 0.3) is 22.1 Å². The number of hydrogen-bond acceptors (Lipinski definition) is 5. The molecule has 7 nitrogen and oxygen atoms in total. The predicted octanol–water partition coefficient (Wildman–Crippen LogP) is 3.15. The van der Waals surface area contributed by atoms with Gasteiger partial charge in [-0.3, -0.25) is 9.13 Å². The quantitative estimate of drug-likeness (QED) is 0.540. The van der Waals surface area contributed by atoms with E-state index in [0.29, 0.717) is 0 Å². The lowest BCUT2D eigenvalue weighted by Gasteiger charge is -2.08. The Bertz CT molecular complexity index is 925. The zero-order valence-electron chi connectivity index (χ0n) is 12.7. The van der Waals surface area contributed by atoms with Gasteiger partial charge in [-0.2, -0.15) is 0 Å². The Morgan fingerprint density at radius 2 is 1.25 bits per heavy atom. The zero-order chi connectivity index (χ0) is 16.4. The Morgan fingerprint density at radius 1 is 0.792 bits per heavy atom. The maximum atomic E-state index is 11.8. The lowest BCUT2D eigenvalue weighted by atomic mass is 10.3. The summed E-state index contributed by atoms with van der Waals surface area (Å²) in [5.74, 6) is 0. The van der Waals surface area contributed by atoms with Gasteiger partial charge < -0.3 is 9.47 Å². The molecule has 0 amide bonds. The minimum absolute atomic E-state index is 0.0457. The first-order chi connectivity index (χ1) is 11.8. The van der Waals surface area contributed by atoms with Crippen LogP contribution in [0.3, 0.4) is 0 Å². The third-order valence-electron chi connectivity index (χ3n) is 3.70. The summed E-state index contributed by atoms with van der Waals surface area (Å²) in [6.45, 7) is 0.0913. The third-order valence-corrected chi connectivity index (χ3v) is 3.70. The highest BCUT2D eigenvalue weighted by atomic mass is 16.7. The van der Waals surface area contributed by atoms with Crippen molar-refractivity contribution in [2.75, 3.05) is 0 Å². The zero-order valence-corrected chi connectivity index (χ0v) is 12.7. The van der Waals surface area contributed by atoms with E-state index in [2.05, 4.69) is 9.97 Å². The molecule has 2 aromatic carbocycles. The molecule has 4 aromatic rings. The second-order valence-corrected chi connectivity index (χ2v) is 5.20. The van der Waals surface area contributed by atoms with Gasteiger partial charge in [-0.15, -0.1) is 0 Å². The smallest absolute Gasteiger partial charge is 0.412 e. The number of benzene rings is 2. The third kappa shape index (κ3) is 2.67. The largest absolute Gasteiger partial charge is 0.511 e. The standard InChI is InChI=1S/C17H14N4O3/c22-17(23-11-20-9-18-13-5-1-3-7-15(13)20)24-12-21-10-19-14-6-2-4-8-16(14)21/h1-10H,11-12H2. The molecule has 0 spiro atoms. The summed E-state index contributed by atoms with van der Waals surface area (Å²) < 4.78 is 13.7. The van der Waals surface area contributed by atoms with Gasteiger partial charge in [-0.1, -0.05) is 24.3 Å². The van der Waals surface area contributed by atoms with Crippen LogP contribution in [0.4, 0.5) is 4.79 Å². The van der Waals surface area contributed by atoms with Crippen LogP contribution in [0.5, 0.6) is 0 Å². The summed E-state index contributed by atoms with van der Waals surface area (Å²) in [5, 5.41) is 0. The maximum Gasteiger partial charge on any atom is 0.511 e. The SMILES string of the molecule is O=C(OCn1cnc2ccccc21)OCn1cnc2ccccc21. The number of fused-ring (bicyclic) bond motifs is 2. The van der Waals surface area contributed by atoms with Crippen LogP contribution in [0.1, 0.15) is 0 Å². The Kier molecular flexibility index (Phi) is 3.59. The fourth-order valence-corrected chi connectivity index (χ4v) is 2.51. The summed E-state index contributed by atoms with van der Waals surface area (Å²) in [7, 11) is 0. The molecule has 0 radical (unpaired) electrons. The van der Waals surface area contributed by atoms with Gasteiger partial charge in [0.25, 0.3) is 0 Å². The number of imidazole rings is 2. The minimum atomic E-state index is -0.745. The molecule has 2 heterocycles. The normalized spacial score (nSPS) is 11.0. The van der Waals surface area contributed by atoms with Gasteiger partial charge >= 0.3 is 6.16 Å². The van der Waals surface area contributed by atoms with Gasteiger partial charge in [-0.25, -0.2) is 14.8 Å². The van der Waals surface area contributed by atoms with Gasteiger partial charge in [0, 0.05) is 0 Å². The highest BCUT2D eigenvalue weighted by molar-refractivity contribution is 5.75. The molecule has 0 aliphatic carbocycles. The first-order valence-corrected chi connectivity index (χ1v) is 7.40. The number of aromatic nitrogens is 4. The molecule has 2 aromatic heterocycles. The molecule has 0 fully saturated rings. The van der Waals surface area contributed by atoms with E-state index in [1.807, 2.05) is 48.5 Å². The second-order valence-electron chi connectivity index (χ2n) is 5.20. The Balaban J connectivity index is 1.37. The molecule has 0 bridgehead atoms. The van der Waals surface area contributed by atoms with Crippen LogP contribution in [-0.4, -0.2) is 25.3 Å². The monoisotopic (exact) mass is 322 g/mol. The second kappa shape index (κ2) is 6.04. The molecule has 0 atom stereocenters. The molecule has 4 rings (SSSR count). The Labute approximate surface area is 137 Å². The fraction of sp³-hybridized carbons (Fsp3) is 0.118. The van der Waals surface area contributed by atoms with Gasteiger partial charge in [-0.05, 0) is 24.3 Å². The van der Waals surface area contributed by atoms with Crippen LogP contribution >= 0.6 is 0 Å². The predicted molar refractivity (Wildman–Crippen MR) is 87.0 cm³/mol. The van der Waals surface area contributed by atoms with Crippen molar-refractivity contribution in [3.8, 4) is 0 Å². The Hall–Kier alpha value is -3.35. The topological polar surface area (TPSA) is 71.2 Å². The molecular weight excluding hydrogens is 308 g/mol. The average molecular weight is 322 g/mol. The summed E-state index contributed by atoms with van der Waals surface area (Å²) in [6, 6.07) is 15.2. The van der Waals surface area contributed by atoms with Crippen molar-refractivity contribution < 1.29 is 14.3 Å². The number of para-hydroxylation sites is 4. The van der Waals surface area contributed by atoms with Gasteiger partial charge in [0.2, 0.25) is 0 Å². The molecular formula is C17H14N4O3. The van der Waals surface area contributed by atoms with Crippen LogP contribution < -0.4 is 0 Å². The molecule has 0 saturated heterocycles. The van der Waals surface area contributed by atoms with Crippen molar-refractivity contribution in [2.24, 2.45) is 0 Å². The molecule has 0 N–H and O–H groups in total. The van der Waals surface area contributed by atoms with Crippen molar-refractivity contribution in [2.45, 2.75) is 13.5 Å². The Morgan fingerprint density at radius 3 is 1.75 bits per heavy atom. The first-order valence-electron chi connectivity index (χ1n) is 7.40. The van der Waals surface area contributed by atoms with E-state index < -0.39 is 6.16 Å². The van der Waals surface area contributed by atoms with Crippen molar-refractivity contribution in [3.05, 3.63) is 61.2 Å². The van der Waals surface area contributed by atoms with E-state index in [4.69, 9.17) is 9.47 Å². The van der Waals surface area contributed by atoms with Gasteiger partial charge in [0.15, 0.2) is 13.5 Å². The average Bonchev–Trinajstić information content (AvgIpc) is 3.22. The molecule has 7 heteroatoms. The van der Waals surface area contributed by atoms with Gasteiger partial charge in [0.05, 0.1) is 34.7 Å². The first kappa shape index (κ1) is 14.3. The summed E-state index contributed by atoms with van der Waals surface area (Å²) >= 11 is 0. The number of carbonyl (C=O) groups excluding carboxylic acids is 1. The number of ether oxygens (including phenoxy) is 2. The molecule has 0 saturated carbocycles. The van der Waals surface area contributed by atoms with E-state index in [1.54, 1.807) is 21.8 Å². The van der Waals surface area contributed by atoms with Crippen molar-refractivity contribution in [1.82, 2.24) is 19.1 Å². The minimum Gasteiger partial charge on any atom is -0.412 e. The summed E-state index contributed by atoms with van der Waals surface area (Å²) in [6.07, 6.45) is 2.51. The van der Waals surface area contributed by atoms with Crippen LogP contribution in [0, 0.1) is 0 Å². The summed E-state index contributed by atoms with van der Waals surface area (Å²) in [4.78, 5) is 20.3. The van der Waals surface area contributed by atoms with E-state index in [1.165, 1.54) is 0 Å².